The number of nitrogens with one attached hydrogen (secondary N) is 1. The van der Waals surface area contributed by atoms with E-state index in [4.69, 9.17) is 23.7 Å². The van der Waals surface area contributed by atoms with Gasteiger partial charge in [0.2, 0.25) is 0 Å². The number of carbonyl (C=O) groups excluding carboxylic acids is 2. The van der Waals surface area contributed by atoms with Crippen LogP contribution < -0.4 is 18.9 Å². The van der Waals surface area contributed by atoms with Crippen molar-refractivity contribution in [3.63, 3.8) is 0 Å². The lowest BCUT2D eigenvalue weighted by Crippen LogP contribution is -2.38. The number of nitrogens with zero attached hydrogens (tertiary/aromatic N) is 3. The van der Waals surface area contributed by atoms with E-state index in [0.29, 0.717) is 78.0 Å². The van der Waals surface area contributed by atoms with Crippen LogP contribution >= 0.6 is 0 Å². The van der Waals surface area contributed by atoms with Gasteiger partial charge in [0, 0.05) is 71.5 Å². The Morgan fingerprint density at radius 3 is 1.95 bits per heavy atom. The third-order valence-electron chi connectivity index (χ3n) is 11.8. The summed E-state index contributed by atoms with van der Waals surface area (Å²) in [5, 5.41) is 3.14. The lowest BCUT2D eigenvalue weighted by atomic mass is 9.96. The summed E-state index contributed by atoms with van der Waals surface area (Å²) < 4.78 is 31.8. The lowest BCUT2D eigenvalue weighted by Gasteiger charge is -2.27. The van der Waals surface area contributed by atoms with E-state index in [0.717, 1.165) is 69.0 Å². The van der Waals surface area contributed by atoms with E-state index in [1.54, 1.807) is 20.3 Å². The number of hydrogen-bond donors (Lipinski definition) is 1. The average Bonchev–Trinajstić information content (AvgIpc) is 3.91. The number of hydrogen-bond acceptors (Lipinski definition) is 8. The van der Waals surface area contributed by atoms with Crippen LogP contribution in [0.1, 0.15) is 37.4 Å². The van der Waals surface area contributed by atoms with E-state index >= 15 is 4.79 Å². The molecule has 1 N–H and O–H groups in total. The molecule has 2 aliphatic rings. The van der Waals surface area contributed by atoms with Crippen molar-refractivity contribution in [3.05, 3.63) is 143 Å². The zero-order valence-electron chi connectivity index (χ0n) is 33.5. The molecule has 302 valence electrons. The van der Waals surface area contributed by atoms with E-state index in [2.05, 4.69) is 20.5 Å². The molecule has 1 fully saturated rings. The number of imide groups is 1. The van der Waals surface area contributed by atoms with Gasteiger partial charge in [-0.3, -0.25) is 19.4 Å². The van der Waals surface area contributed by atoms with E-state index in [-0.39, 0.29) is 18.4 Å². The molecule has 8 aromatic rings. The van der Waals surface area contributed by atoms with Gasteiger partial charge in [-0.05, 0) is 47.5 Å². The summed E-state index contributed by atoms with van der Waals surface area (Å²) in [5.41, 5.74) is 6.96. The summed E-state index contributed by atoms with van der Waals surface area (Å²) in [5.74, 6) is 1.83. The molecule has 2 amide bonds. The molecule has 0 radical (unpaired) electrons. The molecule has 6 aromatic carbocycles. The number of rotatable bonds is 13. The van der Waals surface area contributed by atoms with Gasteiger partial charge in [-0.2, -0.15) is 0 Å². The number of benzene rings is 6. The standard InChI is InChI=1S/C49H44N4O7/c1-56-34-14-13-33(41(27-34)57-2)28-53-48(54)44-42-37-17-15-35(59-29-31-9-5-3-6-10-31)25-39(37)50-46(42)47-43(45(44)49(53)55)38-18-16-36(60-30-32-11-7-4-8-12-32)26-40(38)52(47)20-19-51-21-23-58-24-22-51/h3-18,25-27,50H,19-24,28-30H2,1-2H3. The molecule has 0 aliphatic carbocycles. The molecule has 2 aliphatic heterocycles. The van der Waals surface area contributed by atoms with Crippen molar-refractivity contribution in [3.8, 4) is 23.0 Å². The molecule has 0 bridgehead atoms. The van der Waals surface area contributed by atoms with Crippen LogP contribution in [0, 0.1) is 0 Å². The van der Waals surface area contributed by atoms with Crippen molar-refractivity contribution in [1.29, 1.82) is 0 Å². The second-order valence-electron chi connectivity index (χ2n) is 15.3. The first-order valence-corrected chi connectivity index (χ1v) is 20.3. The molecule has 0 atom stereocenters. The topological polar surface area (TPSA) is 107 Å². The van der Waals surface area contributed by atoms with Gasteiger partial charge in [0.05, 0.1) is 67.2 Å². The summed E-state index contributed by atoms with van der Waals surface area (Å²) in [4.78, 5) is 37.5. The predicted molar refractivity (Wildman–Crippen MR) is 231 cm³/mol. The van der Waals surface area contributed by atoms with Gasteiger partial charge in [0.1, 0.15) is 36.2 Å². The van der Waals surface area contributed by atoms with Crippen molar-refractivity contribution in [2.75, 3.05) is 47.1 Å². The molecule has 11 heteroatoms. The normalized spacial score (nSPS) is 14.5. The van der Waals surface area contributed by atoms with Gasteiger partial charge in [0.15, 0.2) is 0 Å². The van der Waals surface area contributed by atoms with Crippen LogP contribution in [0.2, 0.25) is 0 Å². The summed E-state index contributed by atoms with van der Waals surface area (Å²) >= 11 is 0. The number of carbonyl (C=O) groups is 2. The highest BCUT2D eigenvalue weighted by molar-refractivity contribution is 6.39. The van der Waals surface area contributed by atoms with Crippen molar-refractivity contribution in [2.45, 2.75) is 26.3 Å². The summed E-state index contributed by atoms with van der Waals surface area (Å²) in [6.07, 6.45) is 0. The fourth-order valence-corrected chi connectivity index (χ4v) is 8.75. The van der Waals surface area contributed by atoms with Crippen LogP contribution in [0.5, 0.6) is 23.0 Å². The fourth-order valence-electron chi connectivity index (χ4n) is 8.75. The third kappa shape index (κ3) is 6.65. The van der Waals surface area contributed by atoms with Crippen molar-refractivity contribution in [1.82, 2.24) is 19.4 Å². The van der Waals surface area contributed by atoms with Gasteiger partial charge in [-0.15, -0.1) is 0 Å². The van der Waals surface area contributed by atoms with E-state index in [9.17, 15) is 4.79 Å². The van der Waals surface area contributed by atoms with Crippen LogP contribution in [0.25, 0.3) is 43.6 Å². The molecule has 1 saturated heterocycles. The highest BCUT2D eigenvalue weighted by Gasteiger charge is 2.42. The monoisotopic (exact) mass is 800 g/mol. The Morgan fingerprint density at radius 2 is 1.28 bits per heavy atom. The molecule has 0 spiro atoms. The summed E-state index contributed by atoms with van der Waals surface area (Å²) in [7, 11) is 3.16. The molecular formula is C49H44N4O7. The number of fused-ring (bicyclic) bond motifs is 10. The van der Waals surface area contributed by atoms with Crippen LogP contribution in [0.15, 0.2) is 115 Å². The summed E-state index contributed by atoms with van der Waals surface area (Å²) in [6, 6.07) is 37.5. The number of amides is 2. The first-order valence-electron chi connectivity index (χ1n) is 20.3. The van der Waals surface area contributed by atoms with Gasteiger partial charge in [-0.25, -0.2) is 0 Å². The Kier molecular flexibility index (Phi) is 9.83. The van der Waals surface area contributed by atoms with Gasteiger partial charge >= 0.3 is 0 Å². The minimum atomic E-state index is -0.359. The Morgan fingerprint density at radius 1 is 0.650 bits per heavy atom. The molecule has 0 unspecified atom stereocenters. The van der Waals surface area contributed by atoms with Gasteiger partial charge in [0.25, 0.3) is 11.8 Å². The first kappa shape index (κ1) is 37.5. The molecule has 4 heterocycles. The minimum absolute atomic E-state index is 0.0233. The number of methoxy groups -OCH3 is 2. The Balaban J connectivity index is 1.17. The quantitative estimate of drug-likeness (QED) is 0.116. The number of ether oxygens (including phenoxy) is 5. The maximum absolute atomic E-state index is 15.1. The minimum Gasteiger partial charge on any atom is -0.497 e. The van der Waals surface area contributed by atoms with Gasteiger partial charge in [-0.1, -0.05) is 60.7 Å². The summed E-state index contributed by atoms with van der Waals surface area (Å²) in [6.45, 7) is 5.28. The Bertz CT molecular complexity index is 2920. The van der Waals surface area contributed by atoms with Crippen molar-refractivity contribution < 1.29 is 33.3 Å². The molecular weight excluding hydrogens is 757 g/mol. The average molecular weight is 801 g/mol. The maximum Gasteiger partial charge on any atom is 0.262 e. The van der Waals surface area contributed by atoms with Gasteiger partial charge < -0.3 is 33.2 Å². The van der Waals surface area contributed by atoms with E-state index in [1.807, 2.05) is 103 Å². The SMILES string of the molecule is COc1ccc(CN2C(=O)c3c(c4c5ccc(OCc6ccccc6)cc5n(CCN5CCOCC5)c4c4[nH]c5cc(OCc6ccccc6)ccc5c34)C2=O)c(OC)c1. The zero-order valence-corrected chi connectivity index (χ0v) is 33.5. The lowest BCUT2D eigenvalue weighted by molar-refractivity contribution is 0.0366. The Hall–Kier alpha value is -6.82. The molecule has 2 aromatic heterocycles. The first-order chi connectivity index (χ1) is 29.5. The van der Waals surface area contributed by atoms with E-state index < -0.39 is 0 Å². The fraction of sp³-hybridized carbons (Fsp3) is 0.224. The molecule has 60 heavy (non-hydrogen) atoms. The van der Waals surface area contributed by atoms with Crippen LogP contribution in [-0.2, 0) is 31.0 Å². The second kappa shape index (κ2) is 15.7. The van der Waals surface area contributed by atoms with Crippen molar-refractivity contribution >= 4 is 55.4 Å². The number of aromatic nitrogens is 2. The van der Waals surface area contributed by atoms with Crippen LogP contribution in [0.4, 0.5) is 0 Å². The number of morpholine rings is 1. The van der Waals surface area contributed by atoms with Crippen LogP contribution in [-0.4, -0.2) is 78.2 Å². The van der Waals surface area contributed by atoms with Crippen LogP contribution in [0.3, 0.4) is 0 Å². The van der Waals surface area contributed by atoms with E-state index in [1.165, 1.54) is 4.90 Å². The van der Waals surface area contributed by atoms with Crippen molar-refractivity contribution in [2.24, 2.45) is 0 Å². The number of H-pyrrole nitrogens is 1. The highest BCUT2D eigenvalue weighted by Crippen LogP contribution is 2.46. The third-order valence-corrected chi connectivity index (χ3v) is 11.8. The zero-order chi connectivity index (χ0) is 40.7. The molecule has 11 nitrogen and oxygen atoms in total. The Labute approximate surface area is 346 Å². The highest BCUT2D eigenvalue weighted by atomic mass is 16.5. The second-order valence-corrected chi connectivity index (χ2v) is 15.3. The largest absolute Gasteiger partial charge is 0.497 e. The predicted octanol–water partition coefficient (Wildman–Crippen LogP) is 8.73. The maximum atomic E-state index is 15.1. The molecule has 0 saturated carbocycles. The smallest absolute Gasteiger partial charge is 0.262 e. The molecule has 10 rings (SSSR count). The number of aromatic amines is 1.